The van der Waals surface area contributed by atoms with Crippen molar-refractivity contribution < 1.29 is 0 Å². The van der Waals surface area contributed by atoms with Gasteiger partial charge < -0.3 is 0 Å². The molecule has 0 atom stereocenters. The van der Waals surface area contributed by atoms with Crippen LogP contribution in [0.3, 0.4) is 0 Å². The highest BCUT2D eigenvalue weighted by atomic mass is 32.2. The maximum Gasteiger partial charge on any atom is 0.161 e. The molecule has 4 aromatic rings. The Kier molecular flexibility index (Phi) is 5.79. The first-order valence-corrected chi connectivity index (χ1v) is 10.7. The number of hydrogen-bond donors (Lipinski definition) is 0. The molecule has 0 aliphatic heterocycles. The van der Waals surface area contributed by atoms with Gasteiger partial charge in [-0.2, -0.15) is 0 Å². The fourth-order valence-corrected chi connectivity index (χ4v) is 4.39. The number of hydrogen-bond acceptors (Lipinski definition) is 4. The Balaban J connectivity index is 1.70. The van der Waals surface area contributed by atoms with Crippen LogP contribution in [-0.4, -0.2) is 9.97 Å². The zero-order valence-electron chi connectivity index (χ0n) is 15.8. The summed E-state index contributed by atoms with van der Waals surface area (Å²) in [5.41, 5.74) is 3.54. The minimum absolute atomic E-state index is 0.757. The molecule has 1 aromatic heterocycles. The Morgan fingerprint density at radius 2 is 1.04 bits per heavy atom. The highest BCUT2D eigenvalue weighted by Gasteiger charge is 2.10. The number of nitrogens with zero attached hydrogens (tertiary/aromatic N) is 2. The van der Waals surface area contributed by atoms with Crippen LogP contribution < -0.4 is 0 Å². The maximum absolute atomic E-state index is 4.82. The van der Waals surface area contributed by atoms with E-state index in [-0.39, 0.29) is 0 Å². The molecule has 0 N–H and O–H groups in total. The highest BCUT2D eigenvalue weighted by molar-refractivity contribution is 8.00. The predicted molar refractivity (Wildman–Crippen MR) is 118 cm³/mol. The summed E-state index contributed by atoms with van der Waals surface area (Å²) in [4.78, 5) is 12.0. The Hall–Kier alpha value is -2.56. The van der Waals surface area contributed by atoms with Crippen LogP contribution in [0.5, 0.6) is 0 Å². The second-order valence-corrected chi connectivity index (χ2v) is 8.75. The van der Waals surface area contributed by atoms with Gasteiger partial charge in [-0.05, 0) is 38.1 Å². The molecule has 0 saturated heterocycles. The van der Waals surface area contributed by atoms with Crippen molar-refractivity contribution >= 4 is 23.5 Å². The summed E-state index contributed by atoms with van der Waals surface area (Å²) in [7, 11) is 0. The number of rotatable bonds is 5. The summed E-state index contributed by atoms with van der Waals surface area (Å²) < 4.78 is 0. The van der Waals surface area contributed by atoms with Gasteiger partial charge in [0, 0.05) is 21.4 Å². The molecule has 0 aliphatic carbocycles. The smallest absolute Gasteiger partial charge is 0.161 e. The van der Waals surface area contributed by atoms with E-state index in [1.165, 1.54) is 20.9 Å². The zero-order chi connectivity index (χ0) is 19.3. The van der Waals surface area contributed by atoms with Gasteiger partial charge in [-0.25, -0.2) is 9.97 Å². The lowest BCUT2D eigenvalue weighted by Gasteiger charge is -2.09. The van der Waals surface area contributed by atoms with E-state index in [0.29, 0.717) is 0 Å². The van der Waals surface area contributed by atoms with E-state index in [1.807, 2.05) is 18.2 Å². The fraction of sp³-hybridized carbons (Fsp3) is 0.0833. The van der Waals surface area contributed by atoms with Gasteiger partial charge in [-0.1, -0.05) is 89.2 Å². The quantitative estimate of drug-likeness (QED) is 0.335. The van der Waals surface area contributed by atoms with Crippen molar-refractivity contribution in [1.29, 1.82) is 0 Å². The number of aryl methyl sites for hydroxylation is 2. The molecule has 0 amide bonds. The van der Waals surface area contributed by atoms with Gasteiger partial charge in [0.15, 0.2) is 5.82 Å². The molecular weight excluding hydrogens is 380 g/mol. The van der Waals surface area contributed by atoms with Gasteiger partial charge in [0.2, 0.25) is 0 Å². The fourth-order valence-electron chi connectivity index (χ4n) is 2.68. The van der Waals surface area contributed by atoms with Crippen LogP contribution in [-0.2, 0) is 0 Å². The first-order chi connectivity index (χ1) is 13.7. The predicted octanol–water partition coefficient (Wildman–Crippen LogP) is 7.06. The van der Waals surface area contributed by atoms with E-state index < -0.39 is 0 Å². The molecule has 0 aliphatic rings. The number of aromatic nitrogens is 2. The average molecular weight is 401 g/mol. The molecule has 0 saturated carbocycles. The number of benzene rings is 3. The Bertz CT molecular complexity index is 994. The van der Waals surface area contributed by atoms with E-state index in [4.69, 9.17) is 9.97 Å². The Morgan fingerprint density at radius 1 is 0.571 bits per heavy atom. The molecule has 138 valence electrons. The van der Waals surface area contributed by atoms with Crippen molar-refractivity contribution in [3.8, 4) is 11.4 Å². The zero-order valence-corrected chi connectivity index (χ0v) is 17.4. The lowest BCUT2D eigenvalue weighted by atomic mass is 10.2. The maximum atomic E-state index is 4.82. The molecule has 4 heteroatoms. The van der Waals surface area contributed by atoms with Crippen molar-refractivity contribution in [1.82, 2.24) is 9.97 Å². The van der Waals surface area contributed by atoms with Crippen molar-refractivity contribution in [2.75, 3.05) is 0 Å². The van der Waals surface area contributed by atoms with Gasteiger partial charge >= 0.3 is 0 Å². The molecule has 0 unspecified atom stereocenters. The summed E-state index contributed by atoms with van der Waals surface area (Å²) in [6.07, 6.45) is 0. The summed E-state index contributed by atoms with van der Waals surface area (Å²) in [6.45, 7) is 4.20. The minimum Gasteiger partial charge on any atom is -0.221 e. The third kappa shape index (κ3) is 4.83. The van der Waals surface area contributed by atoms with E-state index in [2.05, 4.69) is 80.6 Å². The standard InChI is InChI=1S/C24H20N2S2/c1-17-8-12-20(13-9-17)27-22-16-23(28-21-14-10-18(2)11-15-21)26-24(25-22)19-6-4-3-5-7-19/h3-16H,1-2H3. The molecule has 28 heavy (non-hydrogen) atoms. The van der Waals surface area contributed by atoms with E-state index in [0.717, 1.165) is 21.4 Å². The molecule has 3 aromatic carbocycles. The van der Waals surface area contributed by atoms with Gasteiger partial charge in [0.25, 0.3) is 0 Å². The topological polar surface area (TPSA) is 25.8 Å². The van der Waals surface area contributed by atoms with Crippen LogP contribution >= 0.6 is 23.5 Å². The summed E-state index contributed by atoms with van der Waals surface area (Å²) in [6, 6.07) is 29.3. The van der Waals surface area contributed by atoms with Gasteiger partial charge in [0.05, 0.1) is 0 Å². The monoisotopic (exact) mass is 400 g/mol. The highest BCUT2D eigenvalue weighted by Crippen LogP contribution is 2.33. The second-order valence-electron chi connectivity index (χ2n) is 6.56. The van der Waals surface area contributed by atoms with E-state index in [9.17, 15) is 0 Å². The van der Waals surface area contributed by atoms with Crippen LogP contribution in [0.25, 0.3) is 11.4 Å². The largest absolute Gasteiger partial charge is 0.221 e. The molecule has 4 rings (SSSR count). The SMILES string of the molecule is Cc1ccc(Sc2cc(Sc3ccc(C)cc3)nc(-c3ccccc3)n2)cc1. The van der Waals surface area contributed by atoms with Gasteiger partial charge in [-0.3, -0.25) is 0 Å². The summed E-state index contributed by atoms with van der Waals surface area (Å²) in [5.74, 6) is 0.757. The third-order valence-electron chi connectivity index (χ3n) is 4.20. The van der Waals surface area contributed by atoms with Gasteiger partial charge in [0.1, 0.15) is 10.1 Å². The van der Waals surface area contributed by atoms with Crippen LogP contribution in [0.15, 0.2) is 105 Å². The lowest BCUT2D eigenvalue weighted by Crippen LogP contribution is -1.93. The minimum atomic E-state index is 0.757. The molecular formula is C24H20N2S2. The lowest BCUT2D eigenvalue weighted by molar-refractivity contribution is 0.974. The Morgan fingerprint density at radius 3 is 1.50 bits per heavy atom. The van der Waals surface area contributed by atoms with Crippen LogP contribution in [0, 0.1) is 13.8 Å². The summed E-state index contributed by atoms with van der Waals surface area (Å²) in [5, 5.41) is 1.90. The molecule has 0 bridgehead atoms. The summed E-state index contributed by atoms with van der Waals surface area (Å²) >= 11 is 3.34. The average Bonchev–Trinajstić information content (AvgIpc) is 2.72. The molecule has 0 spiro atoms. The van der Waals surface area contributed by atoms with Gasteiger partial charge in [-0.15, -0.1) is 0 Å². The van der Waals surface area contributed by atoms with Crippen molar-refractivity contribution in [3.05, 3.63) is 96.1 Å². The normalized spacial score (nSPS) is 10.8. The molecule has 0 radical (unpaired) electrons. The first kappa shape index (κ1) is 18.8. The molecule has 1 heterocycles. The molecule has 2 nitrogen and oxygen atoms in total. The van der Waals surface area contributed by atoms with Crippen LogP contribution in [0.4, 0.5) is 0 Å². The van der Waals surface area contributed by atoms with Crippen molar-refractivity contribution in [3.63, 3.8) is 0 Å². The van der Waals surface area contributed by atoms with E-state index in [1.54, 1.807) is 23.5 Å². The van der Waals surface area contributed by atoms with Crippen molar-refractivity contribution in [2.24, 2.45) is 0 Å². The Labute approximate surface area is 174 Å². The first-order valence-electron chi connectivity index (χ1n) is 9.09. The van der Waals surface area contributed by atoms with E-state index >= 15 is 0 Å². The molecule has 0 fully saturated rings. The van der Waals surface area contributed by atoms with Crippen molar-refractivity contribution in [2.45, 2.75) is 33.7 Å². The van der Waals surface area contributed by atoms with Crippen LogP contribution in [0.2, 0.25) is 0 Å². The van der Waals surface area contributed by atoms with Crippen LogP contribution in [0.1, 0.15) is 11.1 Å². The third-order valence-corrected chi connectivity index (χ3v) is 6.05. The second kappa shape index (κ2) is 8.63.